The molecule has 26 heavy (non-hydrogen) atoms. The number of nitrogens with one attached hydrogen (secondary N) is 2. The molecule has 0 aromatic heterocycles. The lowest BCUT2D eigenvalue weighted by atomic mass is 10.1. The van der Waals surface area contributed by atoms with Crippen LogP contribution in [0.2, 0.25) is 0 Å². The lowest BCUT2D eigenvalue weighted by Gasteiger charge is -2.31. The third-order valence-corrected chi connectivity index (χ3v) is 4.89. The highest BCUT2D eigenvalue weighted by molar-refractivity contribution is 7.80. The second kappa shape index (κ2) is 9.67. The molecule has 4 nitrogen and oxygen atoms in total. The third kappa shape index (κ3) is 5.53. The van der Waals surface area contributed by atoms with E-state index in [0.717, 1.165) is 45.0 Å². The maximum Gasteiger partial charge on any atom is 0.171 e. The molecule has 0 saturated carbocycles. The maximum absolute atomic E-state index is 5.58. The molecule has 0 bridgehead atoms. The van der Waals surface area contributed by atoms with Crippen molar-refractivity contribution in [1.29, 1.82) is 0 Å². The molecular weight excluding hydrogens is 342 g/mol. The zero-order valence-electron chi connectivity index (χ0n) is 15.3. The molecule has 3 rings (SSSR count). The summed E-state index contributed by atoms with van der Waals surface area (Å²) in [7, 11) is 0. The van der Waals surface area contributed by atoms with Crippen molar-refractivity contribution in [2.75, 3.05) is 38.2 Å². The van der Waals surface area contributed by atoms with Crippen LogP contribution in [0.4, 0.5) is 5.69 Å². The van der Waals surface area contributed by atoms with Gasteiger partial charge in [0.25, 0.3) is 0 Å². The molecule has 1 heterocycles. The van der Waals surface area contributed by atoms with Crippen molar-refractivity contribution in [3.05, 3.63) is 65.7 Å². The van der Waals surface area contributed by atoms with Gasteiger partial charge in [0, 0.05) is 25.3 Å². The first-order valence-corrected chi connectivity index (χ1v) is 9.67. The predicted molar refractivity (Wildman–Crippen MR) is 112 cm³/mol. The second-order valence-electron chi connectivity index (χ2n) is 6.53. The van der Waals surface area contributed by atoms with Crippen LogP contribution >= 0.6 is 12.2 Å². The number of benzene rings is 2. The number of hydrogen-bond donors (Lipinski definition) is 2. The van der Waals surface area contributed by atoms with E-state index < -0.39 is 0 Å². The average Bonchev–Trinajstić information content (AvgIpc) is 2.69. The molecular formula is C21H27N3OS. The van der Waals surface area contributed by atoms with Crippen LogP contribution in [0.1, 0.15) is 24.1 Å². The summed E-state index contributed by atoms with van der Waals surface area (Å²) in [6, 6.07) is 19.0. The molecule has 138 valence electrons. The molecule has 1 aliphatic heterocycles. The van der Waals surface area contributed by atoms with E-state index in [1.165, 1.54) is 11.1 Å². The van der Waals surface area contributed by atoms with Crippen molar-refractivity contribution in [1.82, 2.24) is 10.2 Å². The Morgan fingerprint density at radius 2 is 1.77 bits per heavy atom. The lowest BCUT2D eigenvalue weighted by Crippen LogP contribution is -2.44. The van der Waals surface area contributed by atoms with E-state index in [4.69, 9.17) is 17.0 Å². The monoisotopic (exact) mass is 369 g/mol. The Balaban J connectivity index is 1.64. The first-order chi connectivity index (χ1) is 12.7. The molecule has 1 atom stereocenters. The van der Waals surface area contributed by atoms with Crippen LogP contribution in [0.25, 0.3) is 0 Å². The average molecular weight is 370 g/mol. The summed E-state index contributed by atoms with van der Waals surface area (Å²) in [5, 5.41) is 7.45. The van der Waals surface area contributed by atoms with Crippen LogP contribution < -0.4 is 10.6 Å². The number of thiocarbonyl (C=S) groups is 1. The van der Waals surface area contributed by atoms with Crippen molar-refractivity contribution in [2.45, 2.75) is 19.4 Å². The Labute approximate surface area is 161 Å². The molecule has 0 unspecified atom stereocenters. The van der Waals surface area contributed by atoms with Crippen molar-refractivity contribution >= 4 is 23.0 Å². The number of nitrogens with zero attached hydrogens (tertiary/aromatic N) is 1. The fraction of sp³-hybridized carbons (Fsp3) is 0.381. The van der Waals surface area contributed by atoms with Gasteiger partial charge in [0.05, 0.1) is 19.3 Å². The van der Waals surface area contributed by atoms with Crippen molar-refractivity contribution in [3.63, 3.8) is 0 Å². The highest BCUT2D eigenvalue weighted by Gasteiger charge is 2.19. The van der Waals surface area contributed by atoms with Crippen LogP contribution in [0.5, 0.6) is 0 Å². The lowest BCUT2D eigenvalue weighted by molar-refractivity contribution is 0.0344. The molecule has 2 aromatic carbocycles. The number of morpholine rings is 1. The fourth-order valence-corrected chi connectivity index (χ4v) is 3.37. The number of ether oxygens (including phenoxy) is 1. The van der Waals surface area contributed by atoms with Gasteiger partial charge in [-0.2, -0.15) is 0 Å². The third-order valence-electron chi connectivity index (χ3n) is 4.67. The normalized spacial score (nSPS) is 16.0. The van der Waals surface area contributed by atoms with E-state index in [1.807, 2.05) is 6.07 Å². The molecule has 0 aliphatic carbocycles. The largest absolute Gasteiger partial charge is 0.379 e. The molecule has 1 saturated heterocycles. The quantitative estimate of drug-likeness (QED) is 0.761. The van der Waals surface area contributed by atoms with Gasteiger partial charge < -0.3 is 15.4 Å². The summed E-state index contributed by atoms with van der Waals surface area (Å²) in [6.07, 6.45) is 1.04. The second-order valence-corrected chi connectivity index (χ2v) is 6.93. The molecule has 1 fully saturated rings. The molecule has 5 heteroatoms. The van der Waals surface area contributed by atoms with Gasteiger partial charge in [-0.3, -0.25) is 4.90 Å². The van der Waals surface area contributed by atoms with Gasteiger partial charge in [-0.05, 0) is 41.9 Å². The van der Waals surface area contributed by atoms with E-state index in [0.29, 0.717) is 5.11 Å². The molecule has 2 N–H and O–H groups in total. The van der Waals surface area contributed by atoms with Crippen LogP contribution in [-0.2, 0) is 11.2 Å². The summed E-state index contributed by atoms with van der Waals surface area (Å²) < 4.78 is 5.47. The standard InChI is InChI=1S/C21H27N3OS/c1-2-17-8-10-19(11-9-17)22-21(26)23-20(18-6-4-3-5-7-18)16-24-12-14-25-15-13-24/h3-11,20H,2,12-16H2,1H3,(H2,22,23,26)/t20-/m0/s1. The summed E-state index contributed by atoms with van der Waals surface area (Å²) in [5.74, 6) is 0. The zero-order valence-corrected chi connectivity index (χ0v) is 16.1. The van der Waals surface area contributed by atoms with E-state index in [-0.39, 0.29) is 6.04 Å². The molecule has 0 radical (unpaired) electrons. The van der Waals surface area contributed by atoms with E-state index in [1.54, 1.807) is 0 Å². The maximum atomic E-state index is 5.58. The van der Waals surface area contributed by atoms with Crippen molar-refractivity contribution in [3.8, 4) is 0 Å². The number of aryl methyl sites for hydroxylation is 1. The smallest absolute Gasteiger partial charge is 0.171 e. The Kier molecular flexibility index (Phi) is 7.00. The first kappa shape index (κ1) is 18.8. The SMILES string of the molecule is CCc1ccc(NC(=S)N[C@@H](CN2CCOCC2)c2ccccc2)cc1. The Bertz CT molecular complexity index is 684. The van der Waals surface area contributed by atoms with Crippen LogP contribution in [0.15, 0.2) is 54.6 Å². The minimum atomic E-state index is 0.143. The van der Waals surface area contributed by atoms with E-state index in [9.17, 15) is 0 Å². The van der Waals surface area contributed by atoms with Crippen LogP contribution in [0.3, 0.4) is 0 Å². The summed E-state index contributed by atoms with van der Waals surface area (Å²) >= 11 is 5.58. The van der Waals surface area contributed by atoms with Crippen LogP contribution in [-0.4, -0.2) is 42.9 Å². The molecule has 2 aromatic rings. The molecule has 1 aliphatic rings. The first-order valence-electron chi connectivity index (χ1n) is 9.26. The zero-order chi connectivity index (χ0) is 18.2. The van der Waals surface area contributed by atoms with Gasteiger partial charge in [-0.15, -0.1) is 0 Å². The Morgan fingerprint density at radius 3 is 2.42 bits per heavy atom. The van der Waals surface area contributed by atoms with Gasteiger partial charge in [-0.25, -0.2) is 0 Å². The minimum absolute atomic E-state index is 0.143. The van der Waals surface area contributed by atoms with Crippen molar-refractivity contribution in [2.24, 2.45) is 0 Å². The van der Waals surface area contributed by atoms with Gasteiger partial charge in [0.15, 0.2) is 5.11 Å². The van der Waals surface area contributed by atoms with Crippen molar-refractivity contribution < 1.29 is 4.74 Å². The van der Waals surface area contributed by atoms with E-state index >= 15 is 0 Å². The minimum Gasteiger partial charge on any atom is -0.379 e. The van der Waals surface area contributed by atoms with Crippen LogP contribution in [0, 0.1) is 0 Å². The predicted octanol–water partition coefficient (Wildman–Crippen LogP) is 3.61. The van der Waals surface area contributed by atoms with Gasteiger partial charge in [0.2, 0.25) is 0 Å². The topological polar surface area (TPSA) is 36.5 Å². The Morgan fingerprint density at radius 1 is 1.08 bits per heavy atom. The number of rotatable bonds is 6. The van der Waals surface area contributed by atoms with Gasteiger partial charge >= 0.3 is 0 Å². The highest BCUT2D eigenvalue weighted by Crippen LogP contribution is 2.16. The highest BCUT2D eigenvalue weighted by atomic mass is 32.1. The summed E-state index contributed by atoms with van der Waals surface area (Å²) in [6.45, 7) is 6.59. The van der Waals surface area contributed by atoms with Gasteiger partial charge in [0.1, 0.15) is 0 Å². The molecule has 0 spiro atoms. The summed E-state index contributed by atoms with van der Waals surface area (Å²) in [4.78, 5) is 2.42. The molecule has 0 amide bonds. The number of anilines is 1. The summed E-state index contributed by atoms with van der Waals surface area (Å²) in [5.41, 5.74) is 3.58. The number of hydrogen-bond acceptors (Lipinski definition) is 3. The fourth-order valence-electron chi connectivity index (χ4n) is 3.11. The van der Waals surface area contributed by atoms with Gasteiger partial charge in [-0.1, -0.05) is 49.4 Å². The van der Waals surface area contributed by atoms with E-state index in [2.05, 4.69) is 71.0 Å². The Hall–Kier alpha value is -1.95.